The average Bonchev–Trinajstić information content (AvgIpc) is 3.35. The molecule has 8 nitrogen and oxygen atoms in total. The van der Waals surface area contributed by atoms with Crippen molar-refractivity contribution in [3.05, 3.63) is 26.7 Å². The molecule has 3 rings (SSSR count). The molecule has 0 radical (unpaired) electrons. The number of hydrogen-bond donors (Lipinski definition) is 1. The number of aromatic nitrogens is 4. The minimum absolute atomic E-state index is 0.145. The molecule has 0 aliphatic carbocycles. The van der Waals surface area contributed by atoms with Crippen LogP contribution in [0.5, 0.6) is 0 Å². The minimum atomic E-state index is -0.408. The predicted molar refractivity (Wildman–Crippen MR) is 113 cm³/mol. The zero-order valence-corrected chi connectivity index (χ0v) is 17.7. The van der Waals surface area contributed by atoms with Crippen molar-refractivity contribution in [2.75, 3.05) is 13.1 Å². The molecule has 1 saturated heterocycles. The Morgan fingerprint density at radius 3 is 2.38 bits per heavy atom. The molecule has 0 unspecified atom stereocenters. The van der Waals surface area contributed by atoms with Gasteiger partial charge in [0.2, 0.25) is 5.91 Å². The molecule has 160 valence electrons. The number of hydrogen-bond acceptors (Lipinski definition) is 4. The van der Waals surface area contributed by atoms with Gasteiger partial charge in [-0.3, -0.25) is 19.1 Å². The van der Waals surface area contributed by atoms with Gasteiger partial charge in [0.1, 0.15) is 5.82 Å². The summed E-state index contributed by atoms with van der Waals surface area (Å²) in [4.78, 5) is 46.6. The molecule has 1 aliphatic heterocycles. The highest BCUT2D eigenvalue weighted by Gasteiger charge is 2.21. The third kappa shape index (κ3) is 4.79. The molecular weight excluding hydrogens is 370 g/mol. The van der Waals surface area contributed by atoms with E-state index in [2.05, 4.69) is 18.8 Å². The van der Waals surface area contributed by atoms with Crippen LogP contribution in [-0.4, -0.2) is 43.0 Å². The molecule has 0 atom stereocenters. The molecular formula is C21H33N5O3. The number of carbonyl (C=O) groups is 1. The number of unbranched alkanes of at least 4 members (excludes halogenated alkanes) is 3. The summed E-state index contributed by atoms with van der Waals surface area (Å²) in [6.45, 7) is 7.07. The number of imidazole rings is 1. The molecule has 1 fully saturated rings. The molecule has 0 aromatic carbocycles. The van der Waals surface area contributed by atoms with Crippen LogP contribution in [0.25, 0.3) is 11.2 Å². The van der Waals surface area contributed by atoms with Crippen LogP contribution >= 0.6 is 0 Å². The van der Waals surface area contributed by atoms with E-state index >= 15 is 0 Å². The zero-order chi connectivity index (χ0) is 20.8. The number of aryl methyl sites for hydroxylation is 3. The largest absolute Gasteiger partial charge is 0.343 e. The molecule has 3 heterocycles. The van der Waals surface area contributed by atoms with Gasteiger partial charge in [-0.2, -0.15) is 0 Å². The zero-order valence-electron chi connectivity index (χ0n) is 17.7. The lowest BCUT2D eigenvalue weighted by Gasteiger charge is -2.15. The average molecular weight is 404 g/mol. The quantitative estimate of drug-likeness (QED) is 0.617. The normalized spacial score (nSPS) is 14.2. The first-order valence-corrected chi connectivity index (χ1v) is 11.1. The van der Waals surface area contributed by atoms with Gasteiger partial charge < -0.3 is 9.47 Å². The lowest BCUT2D eigenvalue weighted by Crippen LogP contribution is -2.31. The number of carbonyl (C=O) groups excluding carboxylic acids is 1. The maximum atomic E-state index is 12.6. The van der Waals surface area contributed by atoms with E-state index < -0.39 is 5.69 Å². The first kappa shape index (κ1) is 21.3. The van der Waals surface area contributed by atoms with Gasteiger partial charge in [0, 0.05) is 39.0 Å². The number of nitrogens with one attached hydrogen (secondary N) is 1. The van der Waals surface area contributed by atoms with Gasteiger partial charge in [-0.25, -0.2) is 9.78 Å². The van der Waals surface area contributed by atoms with Crippen LogP contribution in [0, 0.1) is 0 Å². The Labute approximate surface area is 170 Å². The van der Waals surface area contributed by atoms with Gasteiger partial charge in [-0.1, -0.05) is 33.1 Å². The summed E-state index contributed by atoms with van der Waals surface area (Å²) in [6.07, 6.45) is 7.86. The number of amides is 1. The number of nitrogens with zero attached hydrogens (tertiary/aromatic N) is 4. The summed E-state index contributed by atoms with van der Waals surface area (Å²) in [7, 11) is 0. The molecule has 0 bridgehead atoms. The van der Waals surface area contributed by atoms with Crippen molar-refractivity contribution in [3.8, 4) is 0 Å². The summed E-state index contributed by atoms with van der Waals surface area (Å²) in [5.74, 6) is 0.872. The number of likely N-dealkylation sites (tertiary alicyclic amines) is 1. The van der Waals surface area contributed by atoms with Crippen LogP contribution in [0.3, 0.4) is 0 Å². The highest BCUT2D eigenvalue weighted by atomic mass is 16.2. The van der Waals surface area contributed by atoms with Gasteiger partial charge in [0.25, 0.3) is 5.56 Å². The molecule has 0 saturated carbocycles. The molecule has 1 aliphatic rings. The van der Waals surface area contributed by atoms with Crippen molar-refractivity contribution < 1.29 is 4.79 Å². The van der Waals surface area contributed by atoms with E-state index in [1.54, 1.807) is 4.57 Å². The van der Waals surface area contributed by atoms with E-state index in [0.717, 1.165) is 63.9 Å². The van der Waals surface area contributed by atoms with Gasteiger partial charge in [-0.05, 0) is 25.7 Å². The maximum Gasteiger partial charge on any atom is 0.330 e. The predicted octanol–water partition coefficient (Wildman–Crippen LogP) is 2.43. The molecule has 0 spiro atoms. The third-order valence-electron chi connectivity index (χ3n) is 5.71. The fraction of sp³-hybridized carbons (Fsp3) is 0.714. The highest BCUT2D eigenvalue weighted by molar-refractivity contribution is 5.77. The summed E-state index contributed by atoms with van der Waals surface area (Å²) in [5, 5.41) is 0. The fourth-order valence-electron chi connectivity index (χ4n) is 4.04. The van der Waals surface area contributed by atoms with Gasteiger partial charge in [-0.15, -0.1) is 0 Å². The second-order valence-corrected chi connectivity index (χ2v) is 7.91. The van der Waals surface area contributed by atoms with E-state index in [-0.39, 0.29) is 11.5 Å². The van der Waals surface area contributed by atoms with Crippen LogP contribution in [0.4, 0.5) is 0 Å². The summed E-state index contributed by atoms with van der Waals surface area (Å²) < 4.78 is 3.51. The van der Waals surface area contributed by atoms with E-state index in [1.165, 1.54) is 0 Å². The standard InChI is InChI=1S/C21H33N5O3/c1-3-5-7-15-25-16(10-11-17(27)24-12-8-9-13-24)22-19-18(25)20(28)23-21(29)26(19)14-6-4-2/h3-15H2,1-2H3,(H,23,28,29). The Morgan fingerprint density at radius 2 is 1.69 bits per heavy atom. The first-order chi connectivity index (χ1) is 14.1. The Bertz CT molecular complexity index is 950. The number of aromatic amines is 1. The van der Waals surface area contributed by atoms with Crippen LogP contribution in [0.15, 0.2) is 9.59 Å². The lowest BCUT2D eigenvalue weighted by atomic mass is 10.2. The van der Waals surface area contributed by atoms with Gasteiger partial charge in [0.05, 0.1) is 0 Å². The molecule has 2 aromatic heterocycles. The van der Waals surface area contributed by atoms with Crippen LogP contribution in [0.1, 0.15) is 71.0 Å². The van der Waals surface area contributed by atoms with Crippen molar-refractivity contribution in [1.82, 2.24) is 24.0 Å². The molecule has 1 amide bonds. The molecule has 29 heavy (non-hydrogen) atoms. The van der Waals surface area contributed by atoms with E-state index in [9.17, 15) is 14.4 Å². The Kier molecular flexibility index (Phi) is 7.28. The topological polar surface area (TPSA) is 93.0 Å². The fourth-order valence-corrected chi connectivity index (χ4v) is 4.04. The third-order valence-corrected chi connectivity index (χ3v) is 5.71. The lowest BCUT2D eigenvalue weighted by molar-refractivity contribution is -0.130. The van der Waals surface area contributed by atoms with Crippen molar-refractivity contribution in [3.63, 3.8) is 0 Å². The summed E-state index contributed by atoms with van der Waals surface area (Å²) in [6, 6.07) is 0. The van der Waals surface area contributed by atoms with E-state index in [0.29, 0.717) is 37.1 Å². The Morgan fingerprint density at radius 1 is 1.00 bits per heavy atom. The summed E-state index contributed by atoms with van der Waals surface area (Å²) >= 11 is 0. The SMILES string of the molecule is CCCCCn1c(CCC(=O)N2CCCC2)nc2c1c(=O)[nH]c(=O)n2CCCC. The monoisotopic (exact) mass is 403 g/mol. The number of rotatable bonds is 10. The van der Waals surface area contributed by atoms with Crippen molar-refractivity contribution in [2.24, 2.45) is 0 Å². The van der Waals surface area contributed by atoms with Crippen LogP contribution < -0.4 is 11.2 Å². The maximum absolute atomic E-state index is 12.6. The molecule has 1 N–H and O–H groups in total. The second-order valence-electron chi connectivity index (χ2n) is 7.91. The van der Waals surface area contributed by atoms with Crippen molar-refractivity contribution >= 4 is 17.1 Å². The minimum Gasteiger partial charge on any atom is -0.343 e. The number of H-pyrrole nitrogens is 1. The Hall–Kier alpha value is -2.38. The smallest absolute Gasteiger partial charge is 0.330 e. The second kappa shape index (κ2) is 9.89. The Balaban J connectivity index is 1.96. The van der Waals surface area contributed by atoms with E-state index in [1.807, 2.05) is 9.47 Å². The highest BCUT2D eigenvalue weighted by Crippen LogP contribution is 2.17. The summed E-state index contributed by atoms with van der Waals surface area (Å²) in [5.41, 5.74) is 0.112. The van der Waals surface area contributed by atoms with Crippen molar-refractivity contribution in [2.45, 2.75) is 84.7 Å². The molecule has 8 heteroatoms. The van der Waals surface area contributed by atoms with Gasteiger partial charge in [0.15, 0.2) is 11.2 Å². The molecule has 2 aromatic rings. The van der Waals surface area contributed by atoms with Crippen molar-refractivity contribution in [1.29, 1.82) is 0 Å². The van der Waals surface area contributed by atoms with Crippen LogP contribution in [0.2, 0.25) is 0 Å². The van der Waals surface area contributed by atoms with Crippen LogP contribution in [-0.2, 0) is 24.3 Å². The van der Waals surface area contributed by atoms with E-state index in [4.69, 9.17) is 4.98 Å². The number of fused-ring (bicyclic) bond motifs is 1. The van der Waals surface area contributed by atoms with Gasteiger partial charge >= 0.3 is 5.69 Å². The first-order valence-electron chi connectivity index (χ1n) is 11.1.